The van der Waals surface area contributed by atoms with Gasteiger partial charge in [-0.05, 0) is 29.8 Å². The van der Waals surface area contributed by atoms with E-state index in [0.717, 1.165) is 5.56 Å². The van der Waals surface area contributed by atoms with E-state index in [0.29, 0.717) is 17.1 Å². The van der Waals surface area contributed by atoms with Gasteiger partial charge in [-0.25, -0.2) is 0 Å². The van der Waals surface area contributed by atoms with Crippen LogP contribution in [0.2, 0.25) is 5.02 Å². The van der Waals surface area contributed by atoms with Crippen LogP contribution in [0.3, 0.4) is 0 Å². The van der Waals surface area contributed by atoms with Crippen molar-refractivity contribution >= 4 is 52.3 Å². The second-order valence-corrected chi connectivity index (χ2v) is 7.63. The van der Waals surface area contributed by atoms with Crippen molar-refractivity contribution in [1.82, 2.24) is 10.6 Å². The zero-order valence-corrected chi connectivity index (χ0v) is 14.9. The SMILES string of the molecule is O=C(NC(NCc1ccccc1)C(Cl)(Cl)Cl)c1ccc(Cl)cc1. The molecule has 1 amide bonds. The summed E-state index contributed by atoms with van der Waals surface area (Å²) in [5.74, 6) is -0.362. The lowest BCUT2D eigenvalue weighted by atomic mass is 10.2. The molecule has 7 heteroatoms. The third-order valence-electron chi connectivity index (χ3n) is 3.06. The Labute approximate surface area is 154 Å². The quantitative estimate of drug-likeness (QED) is 0.579. The molecule has 0 fully saturated rings. The Hall–Kier alpha value is -0.970. The molecule has 1 atom stereocenters. The van der Waals surface area contributed by atoms with Crippen LogP contribution in [0.15, 0.2) is 54.6 Å². The Morgan fingerprint density at radius 2 is 1.61 bits per heavy atom. The first kappa shape index (κ1) is 18.4. The van der Waals surface area contributed by atoms with Crippen molar-refractivity contribution < 1.29 is 4.79 Å². The smallest absolute Gasteiger partial charge is 0.252 e. The molecule has 0 aliphatic rings. The van der Waals surface area contributed by atoms with Gasteiger partial charge in [0.25, 0.3) is 5.91 Å². The van der Waals surface area contributed by atoms with Crippen LogP contribution in [0.25, 0.3) is 0 Å². The normalized spacial score (nSPS) is 12.7. The molecule has 0 spiro atoms. The molecule has 0 bridgehead atoms. The summed E-state index contributed by atoms with van der Waals surface area (Å²) in [5, 5.41) is 6.25. The van der Waals surface area contributed by atoms with Gasteiger partial charge in [-0.15, -0.1) is 0 Å². The van der Waals surface area contributed by atoms with Crippen LogP contribution >= 0.6 is 46.4 Å². The molecule has 2 N–H and O–H groups in total. The molecule has 2 aromatic carbocycles. The van der Waals surface area contributed by atoms with E-state index in [2.05, 4.69) is 10.6 Å². The molecule has 0 heterocycles. The summed E-state index contributed by atoms with van der Waals surface area (Å²) >= 11 is 23.7. The second-order valence-electron chi connectivity index (χ2n) is 4.82. The highest BCUT2D eigenvalue weighted by molar-refractivity contribution is 6.68. The Morgan fingerprint density at radius 3 is 2.17 bits per heavy atom. The van der Waals surface area contributed by atoms with Crippen molar-refractivity contribution in [3.05, 3.63) is 70.7 Å². The maximum Gasteiger partial charge on any atom is 0.252 e. The Kier molecular flexibility index (Phi) is 6.57. The highest BCUT2D eigenvalue weighted by atomic mass is 35.6. The summed E-state index contributed by atoms with van der Waals surface area (Å²) < 4.78 is -1.70. The molecule has 122 valence electrons. The van der Waals surface area contributed by atoms with Crippen LogP contribution in [-0.2, 0) is 6.54 Å². The van der Waals surface area contributed by atoms with Crippen LogP contribution in [0.5, 0.6) is 0 Å². The molecule has 0 aromatic heterocycles. The van der Waals surface area contributed by atoms with Gasteiger partial charge in [0.05, 0.1) is 0 Å². The number of amides is 1. The number of nitrogens with one attached hydrogen (secondary N) is 2. The average Bonchev–Trinajstić information content (AvgIpc) is 2.51. The number of hydrogen-bond acceptors (Lipinski definition) is 2. The second kappa shape index (κ2) is 8.22. The predicted octanol–water partition coefficient (Wildman–Crippen LogP) is 4.56. The van der Waals surface area contributed by atoms with Gasteiger partial charge in [0, 0.05) is 17.1 Å². The van der Waals surface area contributed by atoms with E-state index in [9.17, 15) is 4.79 Å². The third-order valence-corrected chi connectivity index (χ3v) is 3.97. The number of rotatable bonds is 5. The van der Waals surface area contributed by atoms with Crippen molar-refractivity contribution in [2.24, 2.45) is 0 Å². The van der Waals surface area contributed by atoms with Gasteiger partial charge < -0.3 is 5.32 Å². The van der Waals surface area contributed by atoms with Crippen LogP contribution < -0.4 is 10.6 Å². The fourth-order valence-corrected chi connectivity index (χ4v) is 2.40. The van der Waals surface area contributed by atoms with Gasteiger partial charge in [0.15, 0.2) is 0 Å². The maximum atomic E-state index is 12.3. The largest absolute Gasteiger partial charge is 0.333 e. The minimum atomic E-state index is -1.70. The minimum absolute atomic E-state index is 0.362. The zero-order chi connectivity index (χ0) is 16.9. The standard InChI is InChI=1S/C16H14Cl4N2O/c17-13-8-6-12(7-9-13)14(23)22-15(16(18,19)20)21-10-11-4-2-1-3-5-11/h1-9,15,21H,10H2,(H,22,23). The number of carbonyl (C=O) groups is 1. The molecule has 3 nitrogen and oxygen atoms in total. The minimum Gasteiger partial charge on any atom is -0.333 e. The maximum absolute atomic E-state index is 12.3. The average molecular weight is 392 g/mol. The first-order chi connectivity index (χ1) is 10.9. The highest BCUT2D eigenvalue weighted by Crippen LogP contribution is 2.29. The van der Waals surface area contributed by atoms with Crippen LogP contribution in [0, 0.1) is 0 Å². The molecule has 0 saturated carbocycles. The van der Waals surface area contributed by atoms with Crippen LogP contribution in [0.1, 0.15) is 15.9 Å². The molecule has 0 saturated heterocycles. The van der Waals surface area contributed by atoms with E-state index >= 15 is 0 Å². The Bertz CT molecular complexity index is 641. The highest BCUT2D eigenvalue weighted by Gasteiger charge is 2.33. The van der Waals surface area contributed by atoms with Gasteiger partial charge in [0.1, 0.15) is 6.17 Å². The summed E-state index contributed by atoms with van der Waals surface area (Å²) in [6.07, 6.45) is -0.851. The van der Waals surface area contributed by atoms with E-state index < -0.39 is 9.96 Å². The topological polar surface area (TPSA) is 41.1 Å². The molecule has 1 unspecified atom stereocenters. The van der Waals surface area contributed by atoms with E-state index in [1.165, 1.54) is 0 Å². The lowest BCUT2D eigenvalue weighted by molar-refractivity contribution is 0.0929. The van der Waals surface area contributed by atoms with Crippen LogP contribution in [0.4, 0.5) is 0 Å². The Morgan fingerprint density at radius 1 is 1.00 bits per heavy atom. The van der Waals surface area contributed by atoms with Gasteiger partial charge in [0.2, 0.25) is 3.79 Å². The first-order valence-electron chi connectivity index (χ1n) is 6.77. The summed E-state index contributed by atoms with van der Waals surface area (Å²) in [5.41, 5.74) is 1.43. The fourth-order valence-electron chi connectivity index (χ4n) is 1.88. The zero-order valence-electron chi connectivity index (χ0n) is 11.9. The van der Waals surface area contributed by atoms with Crippen molar-refractivity contribution in [3.8, 4) is 0 Å². The van der Waals surface area contributed by atoms with Crippen molar-refractivity contribution in [2.45, 2.75) is 16.5 Å². The number of halogens is 4. The van der Waals surface area contributed by atoms with Crippen molar-refractivity contribution in [1.29, 1.82) is 0 Å². The van der Waals surface area contributed by atoms with Gasteiger partial charge in [-0.1, -0.05) is 76.7 Å². The van der Waals surface area contributed by atoms with E-state index in [-0.39, 0.29) is 5.91 Å². The lowest BCUT2D eigenvalue weighted by Crippen LogP contribution is -2.53. The molecule has 2 rings (SSSR count). The molecule has 0 radical (unpaired) electrons. The van der Waals surface area contributed by atoms with Gasteiger partial charge in [-0.2, -0.15) is 0 Å². The van der Waals surface area contributed by atoms with Crippen LogP contribution in [-0.4, -0.2) is 15.9 Å². The number of carbonyl (C=O) groups excluding carboxylic acids is 1. The van der Waals surface area contributed by atoms with E-state index in [4.69, 9.17) is 46.4 Å². The summed E-state index contributed by atoms with van der Waals surface area (Å²) in [6, 6.07) is 16.1. The Balaban J connectivity index is 2.04. The lowest BCUT2D eigenvalue weighted by Gasteiger charge is -2.26. The van der Waals surface area contributed by atoms with Crippen molar-refractivity contribution in [3.63, 3.8) is 0 Å². The molecule has 2 aromatic rings. The summed E-state index contributed by atoms with van der Waals surface area (Å²) in [7, 11) is 0. The number of benzene rings is 2. The third kappa shape index (κ3) is 5.87. The van der Waals surface area contributed by atoms with E-state index in [1.807, 2.05) is 30.3 Å². The summed E-state index contributed by atoms with van der Waals surface area (Å²) in [6.45, 7) is 0.445. The molecule has 23 heavy (non-hydrogen) atoms. The van der Waals surface area contributed by atoms with Gasteiger partial charge >= 0.3 is 0 Å². The predicted molar refractivity (Wildman–Crippen MR) is 96.3 cm³/mol. The molecular formula is C16H14Cl4N2O. The number of alkyl halides is 3. The molecular weight excluding hydrogens is 378 g/mol. The summed E-state index contributed by atoms with van der Waals surface area (Å²) in [4.78, 5) is 12.3. The van der Waals surface area contributed by atoms with E-state index in [1.54, 1.807) is 24.3 Å². The van der Waals surface area contributed by atoms with Crippen molar-refractivity contribution in [2.75, 3.05) is 0 Å². The molecule has 0 aliphatic heterocycles. The fraction of sp³-hybridized carbons (Fsp3) is 0.188. The first-order valence-corrected chi connectivity index (χ1v) is 8.28. The monoisotopic (exact) mass is 390 g/mol. The number of hydrogen-bond donors (Lipinski definition) is 2. The van der Waals surface area contributed by atoms with Gasteiger partial charge in [-0.3, -0.25) is 10.1 Å². The molecule has 0 aliphatic carbocycles.